The van der Waals surface area contributed by atoms with Crippen molar-refractivity contribution in [2.75, 3.05) is 0 Å². The van der Waals surface area contributed by atoms with Crippen molar-refractivity contribution in [3.8, 4) is 0 Å². The highest BCUT2D eigenvalue weighted by Gasteiger charge is 2.24. The molecule has 0 fully saturated rings. The van der Waals surface area contributed by atoms with Gasteiger partial charge in [0.25, 0.3) is 0 Å². The minimum absolute atomic E-state index is 0.0972. The van der Waals surface area contributed by atoms with E-state index in [4.69, 9.17) is 4.84 Å². The van der Waals surface area contributed by atoms with Gasteiger partial charge in [-0.1, -0.05) is 0 Å². The quantitative estimate of drug-likeness (QED) is 0.509. The van der Waals surface area contributed by atoms with Crippen LogP contribution in [-0.4, -0.2) is 5.60 Å². The maximum absolute atomic E-state index is 5.11. The molecule has 2 nitrogen and oxygen atoms in total. The molecule has 0 aliphatic carbocycles. The Bertz CT molecular complexity index is 126. The predicted octanol–water partition coefficient (Wildman–Crippen LogP) is 1.20. The van der Waals surface area contributed by atoms with Crippen LogP contribution in [0, 0.1) is 0 Å². The standard InChI is InChI=1S/C6H11NO/c1-5-4-7-8-6(5,2)3/h4,7H,1-3H3. The fourth-order valence-corrected chi connectivity index (χ4v) is 0.519. The van der Waals surface area contributed by atoms with Crippen LogP contribution in [0.3, 0.4) is 0 Å². The van der Waals surface area contributed by atoms with Gasteiger partial charge in [0.1, 0.15) is 5.60 Å². The van der Waals surface area contributed by atoms with Crippen LogP contribution in [0.4, 0.5) is 0 Å². The van der Waals surface area contributed by atoms with Crippen molar-refractivity contribution in [2.45, 2.75) is 26.4 Å². The summed E-state index contributed by atoms with van der Waals surface area (Å²) in [5, 5.41) is 0. The van der Waals surface area contributed by atoms with Gasteiger partial charge in [0, 0.05) is 6.20 Å². The molecule has 8 heavy (non-hydrogen) atoms. The highest BCUT2D eigenvalue weighted by Crippen LogP contribution is 2.21. The minimum atomic E-state index is -0.0972. The summed E-state index contributed by atoms with van der Waals surface area (Å²) in [4.78, 5) is 5.11. The van der Waals surface area contributed by atoms with Crippen LogP contribution in [0.2, 0.25) is 0 Å². The molecule has 0 spiro atoms. The van der Waals surface area contributed by atoms with Crippen molar-refractivity contribution in [1.82, 2.24) is 5.48 Å². The first-order chi connectivity index (χ1) is 3.63. The van der Waals surface area contributed by atoms with Gasteiger partial charge in [-0.15, -0.1) is 0 Å². The topological polar surface area (TPSA) is 21.3 Å². The Labute approximate surface area is 49.5 Å². The van der Waals surface area contributed by atoms with Crippen LogP contribution < -0.4 is 5.48 Å². The molecule has 1 heterocycles. The zero-order valence-corrected chi connectivity index (χ0v) is 5.49. The molecular weight excluding hydrogens is 102 g/mol. The Kier molecular flexibility index (Phi) is 1.05. The molecule has 0 aromatic rings. The number of hydrogen-bond acceptors (Lipinski definition) is 2. The summed E-state index contributed by atoms with van der Waals surface area (Å²) in [5.41, 5.74) is 3.84. The molecule has 0 amide bonds. The van der Waals surface area contributed by atoms with Crippen molar-refractivity contribution in [3.63, 3.8) is 0 Å². The monoisotopic (exact) mass is 113 g/mol. The van der Waals surface area contributed by atoms with Gasteiger partial charge in [0.2, 0.25) is 0 Å². The summed E-state index contributed by atoms with van der Waals surface area (Å²) >= 11 is 0. The summed E-state index contributed by atoms with van der Waals surface area (Å²) in [7, 11) is 0. The zero-order valence-electron chi connectivity index (χ0n) is 5.49. The van der Waals surface area contributed by atoms with Crippen LogP contribution in [0.15, 0.2) is 11.8 Å². The highest BCUT2D eigenvalue weighted by atomic mass is 16.7. The molecule has 1 aliphatic rings. The van der Waals surface area contributed by atoms with E-state index in [0.717, 1.165) is 0 Å². The third-order valence-corrected chi connectivity index (χ3v) is 1.54. The van der Waals surface area contributed by atoms with Crippen LogP contribution in [0.25, 0.3) is 0 Å². The average molecular weight is 113 g/mol. The number of hydrogen-bond donors (Lipinski definition) is 1. The molecular formula is C6H11NO. The molecule has 1 aliphatic heterocycles. The van der Waals surface area contributed by atoms with Gasteiger partial charge in [-0.2, -0.15) is 0 Å². The Balaban J connectivity index is 2.73. The van der Waals surface area contributed by atoms with E-state index >= 15 is 0 Å². The second kappa shape index (κ2) is 1.49. The zero-order chi connectivity index (χ0) is 6.20. The van der Waals surface area contributed by atoms with Crippen molar-refractivity contribution in [2.24, 2.45) is 0 Å². The normalized spacial score (nSPS) is 24.6. The summed E-state index contributed by atoms with van der Waals surface area (Å²) < 4.78 is 0. The molecule has 1 rings (SSSR count). The van der Waals surface area contributed by atoms with Crippen LogP contribution in [0.1, 0.15) is 20.8 Å². The fourth-order valence-electron chi connectivity index (χ4n) is 0.519. The van der Waals surface area contributed by atoms with Gasteiger partial charge >= 0.3 is 0 Å². The average Bonchev–Trinajstić information content (AvgIpc) is 1.86. The summed E-state index contributed by atoms with van der Waals surface area (Å²) in [6, 6.07) is 0. The van der Waals surface area contributed by atoms with E-state index in [9.17, 15) is 0 Å². The molecule has 0 bridgehead atoms. The fraction of sp³-hybridized carbons (Fsp3) is 0.667. The van der Waals surface area contributed by atoms with Gasteiger partial charge in [-0.3, -0.25) is 10.3 Å². The molecule has 0 saturated heterocycles. The SMILES string of the molecule is CC1=CNOC1(C)C. The maximum atomic E-state index is 5.11. The molecule has 1 N–H and O–H groups in total. The first-order valence-corrected chi connectivity index (χ1v) is 2.74. The van der Waals surface area contributed by atoms with Crippen molar-refractivity contribution in [1.29, 1.82) is 0 Å². The summed E-state index contributed by atoms with van der Waals surface area (Å²) in [6.45, 7) is 6.09. The second-order valence-corrected chi connectivity index (χ2v) is 2.56. The first-order valence-electron chi connectivity index (χ1n) is 2.74. The first kappa shape index (κ1) is 5.63. The minimum Gasteiger partial charge on any atom is -0.273 e. The Morgan fingerprint density at radius 1 is 1.62 bits per heavy atom. The number of nitrogens with one attached hydrogen (secondary N) is 1. The molecule has 2 heteroatoms. The predicted molar refractivity (Wildman–Crippen MR) is 32.1 cm³/mol. The highest BCUT2D eigenvalue weighted by molar-refractivity contribution is 5.12. The molecule has 0 atom stereocenters. The van der Waals surface area contributed by atoms with Crippen LogP contribution in [0.5, 0.6) is 0 Å². The lowest BCUT2D eigenvalue weighted by atomic mass is 10.0. The van der Waals surface area contributed by atoms with Crippen molar-refractivity contribution in [3.05, 3.63) is 11.8 Å². The van der Waals surface area contributed by atoms with E-state index in [1.165, 1.54) is 5.57 Å². The Morgan fingerprint density at radius 2 is 2.25 bits per heavy atom. The van der Waals surface area contributed by atoms with E-state index in [2.05, 4.69) is 5.48 Å². The Morgan fingerprint density at radius 3 is 2.38 bits per heavy atom. The van der Waals surface area contributed by atoms with Crippen molar-refractivity contribution < 1.29 is 4.84 Å². The van der Waals surface area contributed by atoms with Crippen molar-refractivity contribution >= 4 is 0 Å². The van der Waals surface area contributed by atoms with E-state index in [0.29, 0.717) is 0 Å². The smallest absolute Gasteiger partial charge is 0.113 e. The third kappa shape index (κ3) is 0.713. The van der Waals surface area contributed by atoms with Gasteiger partial charge < -0.3 is 0 Å². The van der Waals surface area contributed by atoms with Gasteiger partial charge in [-0.25, -0.2) is 0 Å². The molecule has 0 aromatic heterocycles. The molecule has 0 radical (unpaired) electrons. The number of rotatable bonds is 0. The molecule has 0 saturated carbocycles. The van der Waals surface area contributed by atoms with Gasteiger partial charge in [0.05, 0.1) is 0 Å². The van der Waals surface area contributed by atoms with Gasteiger partial charge in [-0.05, 0) is 26.3 Å². The molecule has 0 unspecified atom stereocenters. The number of hydroxylamine groups is 1. The van der Waals surface area contributed by atoms with E-state index in [1.54, 1.807) is 0 Å². The van der Waals surface area contributed by atoms with Crippen LogP contribution in [-0.2, 0) is 4.84 Å². The third-order valence-electron chi connectivity index (χ3n) is 1.54. The lowest BCUT2D eigenvalue weighted by molar-refractivity contribution is -0.0169. The largest absolute Gasteiger partial charge is 0.273 e. The lowest BCUT2D eigenvalue weighted by Gasteiger charge is -2.16. The van der Waals surface area contributed by atoms with E-state index in [1.807, 2.05) is 27.0 Å². The van der Waals surface area contributed by atoms with E-state index < -0.39 is 0 Å². The summed E-state index contributed by atoms with van der Waals surface area (Å²) in [5.74, 6) is 0. The molecule has 0 aromatic carbocycles. The summed E-state index contributed by atoms with van der Waals surface area (Å²) in [6.07, 6.45) is 1.88. The maximum Gasteiger partial charge on any atom is 0.113 e. The van der Waals surface area contributed by atoms with E-state index in [-0.39, 0.29) is 5.60 Å². The molecule has 46 valence electrons. The lowest BCUT2D eigenvalue weighted by Crippen LogP contribution is -2.23. The van der Waals surface area contributed by atoms with Gasteiger partial charge in [0.15, 0.2) is 0 Å². The Hall–Kier alpha value is -0.500. The van der Waals surface area contributed by atoms with Crippen LogP contribution >= 0.6 is 0 Å². The second-order valence-electron chi connectivity index (χ2n) is 2.56.